The molecule has 36 heavy (non-hydrogen) atoms. The Bertz CT molecular complexity index is 1460. The molecule has 0 aliphatic heterocycles. The van der Waals surface area contributed by atoms with Crippen LogP contribution in [0.15, 0.2) is 72.0 Å². The van der Waals surface area contributed by atoms with Gasteiger partial charge < -0.3 is 19.4 Å². The van der Waals surface area contributed by atoms with Gasteiger partial charge in [-0.15, -0.1) is 0 Å². The zero-order valence-corrected chi connectivity index (χ0v) is 19.5. The van der Waals surface area contributed by atoms with Gasteiger partial charge in [0.1, 0.15) is 17.3 Å². The molecule has 1 N–H and O–H groups in total. The summed E-state index contributed by atoms with van der Waals surface area (Å²) >= 11 is 0. The van der Waals surface area contributed by atoms with Gasteiger partial charge in [0, 0.05) is 60.8 Å². The van der Waals surface area contributed by atoms with Crippen molar-refractivity contribution in [2.24, 2.45) is 7.05 Å². The highest BCUT2D eigenvalue weighted by atomic mass is 19.1. The summed E-state index contributed by atoms with van der Waals surface area (Å²) in [6.45, 7) is 2.06. The van der Waals surface area contributed by atoms with Gasteiger partial charge in [-0.25, -0.2) is 8.78 Å². The molecule has 0 bridgehead atoms. The second-order valence-corrected chi connectivity index (χ2v) is 7.74. The first-order valence-electron chi connectivity index (χ1n) is 11.0. The molecular weight excluding hydrogens is 470 g/mol. The minimum absolute atomic E-state index is 0.00620. The molecule has 2 aromatic carbocycles. The van der Waals surface area contributed by atoms with Gasteiger partial charge >= 0.3 is 0 Å². The van der Waals surface area contributed by atoms with Gasteiger partial charge in [-0.1, -0.05) is 0 Å². The van der Waals surface area contributed by atoms with Gasteiger partial charge in [0.15, 0.2) is 11.6 Å². The number of anilines is 1. The Morgan fingerprint density at radius 2 is 1.83 bits per heavy atom. The highest BCUT2D eigenvalue weighted by Crippen LogP contribution is 2.40. The number of ether oxygens (including phenoxy) is 2. The van der Waals surface area contributed by atoms with Gasteiger partial charge in [-0.05, 0) is 37.3 Å². The van der Waals surface area contributed by atoms with E-state index in [1.165, 1.54) is 41.4 Å². The molecule has 0 aliphatic rings. The maximum Gasteiger partial charge on any atom is 0.254 e. The van der Waals surface area contributed by atoms with Crippen LogP contribution in [0.4, 0.5) is 14.5 Å². The fourth-order valence-electron chi connectivity index (χ4n) is 3.46. The number of carbonyl (C=O) groups is 1. The van der Waals surface area contributed by atoms with Crippen molar-refractivity contribution in [2.75, 3.05) is 11.9 Å². The van der Waals surface area contributed by atoms with E-state index in [-0.39, 0.29) is 41.7 Å². The van der Waals surface area contributed by atoms with E-state index in [4.69, 9.17) is 9.47 Å². The molecular formula is C26H22F2N4O4. The normalized spacial score (nSPS) is 10.7. The van der Waals surface area contributed by atoms with Crippen molar-refractivity contribution in [3.05, 3.63) is 94.9 Å². The number of aryl methyl sites for hydroxylation is 1. The van der Waals surface area contributed by atoms with Crippen molar-refractivity contribution in [1.29, 1.82) is 0 Å². The number of amides is 1. The first kappa shape index (κ1) is 24.5. The number of rotatable bonds is 8. The summed E-state index contributed by atoms with van der Waals surface area (Å²) in [5, 5.41) is 2.79. The number of pyridine rings is 1. The fourth-order valence-corrected chi connectivity index (χ4v) is 3.46. The molecule has 1 amide bonds. The first-order valence-corrected chi connectivity index (χ1v) is 11.0. The maximum absolute atomic E-state index is 14.3. The number of hydrogen-bond donors (Lipinski definition) is 1. The van der Waals surface area contributed by atoms with E-state index in [1.807, 2.05) is 0 Å². The highest BCUT2D eigenvalue weighted by Gasteiger charge is 2.18. The van der Waals surface area contributed by atoms with Gasteiger partial charge in [0.25, 0.3) is 5.56 Å². The van der Waals surface area contributed by atoms with E-state index in [0.29, 0.717) is 28.6 Å². The van der Waals surface area contributed by atoms with Crippen molar-refractivity contribution in [2.45, 2.75) is 13.3 Å². The highest BCUT2D eigenvalue weighted by molar-refractivity contribution is 5.93. The number of halogens is 2. The van der Waals surface area contributed by atoms with Crippen LogP contribution in [0.2, 0.25) is 0 Å². The average Bonchev–Trinajstić information content (AvgIpc) is 2.84. The SMILES string of the molecule is CCOc1cc(=O)n(C)cc1-c1cc(NC(=O)Cc2cnccn2)ccc1Oc1ccc(F)cc1F. The predicted octanol–water partition coefficient (Wildman–Crippen LogP) is 4.49. The number of nitrogens with zero attached hydrogens (tertiary/aromatic N) is 3. The molecule has 8 nitrogen and oxygen atoms in total. The van der Waals surface area contributed by atoms with Gasteiger partial charge in [-0.3, -0.25) is 19.6 Å². The summed E-state index contributed by atoms with van der Waals surface area (Å²) < 4.78 is 40.6. The summed E-state index contributed by atoms with van der Waals surface area (Å²) in [7, 11) is 1.58. The zero-order chi connectivity index (χ0) is 25.7. The smallest absolute Gasteiger partial charge is 0.254 e. The van der Waals surface area contributed by atoms with E-state index in [2.05, 4.69) is 15.3 Å². The van der Waals surface area contributed by atoms with E-state index in [0.717, 1.165) is 6.07 Å². The Labute approximate surface area is 205 Å². The monoisotopic (exact) mass is 492 g/mol. The molecule has 0 radical (unpaired) electrons. The van der Waals surface area contributed by atoms with Crippen molar-refractivity contribution in [3.63, 3.8) is 0 Å². The van der Waals surface area contributed by atoms with Crippen LogP contribution in [-0.2, 0) is 18.3 Å². The number of carbonyl (C=O) groups excluding carboxylic acids is 1. The van der Waals surface area contributed by atoms with Crippen LogP contribution in [0.1, 0.15) is 12.6 Å². The Morgan fingerprint density at radius 1 is 1.03 bits per heavy atom. The number of benzene rings is 2. The summed E-state index contributed by atoms with van der Waals surface area (Å²) in [6, 6.07) is 9.04. The van der Waals surface area contributed by atoms with E-state index < -0.39 is 11.6 Å². The quantitative estimate of drug-likeness (QED) is 0.389. The van der Waals surface area contributed by atoms with Gasteiger partial charge in [0.05, 0.1) is 18.7 Å². The Kier molecular flexibility index (Phi) is 7.33. The van der Waals surface area contributed by atoms with Crippen LogP contribution in [0.25, 0.3) is 11.1 Å². The first-order chi connectivity index (χ1) is 17.3. The van der Waals surface area contributed by atoms with Crippen molar-refractivity contribution in [1.82, 2.24) is 14.5 Å². The molecule has 4 aromatic rings. The standard InChI is InChI=1S/C26H22F2N4O4/c1-3-35-24-13-26(34)32(2)15-20(24)19-11-17(31-25(33)12-18-14-29-8-9-30-18)5-7-22(19)36-23-6-4-16(27)10-21(23)28/h4-11,13-15H,3,12H2,1-2H3,(H,31,33). The third-order valence-electron chi connectivity index (χ3n) is 5.12. The van der Waals surface area contributed by atoms with Crippen molar-refractivity contribution < 1.29 is 23.0 Å². The van der Waals surface area contributed by atoms with Crippen LogP contribution in [-0.4, -0.2) is 27.0 Å². The lowest BCUT2D eigenvalue weighted by atomic mass is 10.0. The second-order valence-electron chi connectivity index (χ2n) is 7.74. The molecule has 0 atom stereocenters. The maximum atomic E-state index is 14.3. The molecule has 10 heteroatoms. The van der Waals surface area contributed by atoms with Crippen LogP contribution < -0.4 is 20.3 Å². The summed E-state index contributed by atoms with van der Waals surface area (Å²) in [6.07, 6.45) is 6.07. The summed E-state index contributed by atoms with van der Waals surface area (Å²) in [5.41, 5.74) is 1.51. The summed E-state index contributed by atoms with van der Waals surface area (Å²) in [4.78, 5) is 32.9. The minimum atomic E-state index is -0.882. The molecule has 2 heterocycles. The Balaban J connectivity index is 1.76. The molecule has 4 rings (SSSR count). The molecule has 0 fully saturated rings. The van der Waals surface area contributed by atoms with Crippen LogP contribution in [0.3, 0.4) is 0 Å². The largest absolute Gasteiger partial charge is 0.493 e. The third-order valence-corrected chi connectivity index (χ3v) is 5.12. The van der Waals surface area contributed by atoms with Gasteiger partial charge in [0.2, 0.25) is 5.91 Å². The van der Waals surface area contributed by atoms with Crippen LogP contribution >= 0.6 is 0 Å². The van der Waals surface area contributed by atoms with E-state index >= 15 is 0 Å². The van der Waals surface area contributed by atoms with Gasteiger partial charge in [-0.2, -0.15) is 0 Å². The van der Waals surface area contributed by atoms with Crippen LogP contribution in [0, 0.1) is 11.6 Å². The summed E-state index contributed by atoms with van der Waals surface area (Å²) in [5.74, 6) is -1.66. The number of hydrogen-bond acceptors (Lipinski definition) is 6. The Hall–Kier alpha value is -4.60. The molecule has 184 valence electrons. The predicted molar refractivity (Wildman–Crippen MR) is 129 cm³/mol. The van der Waals surface area contributed by atoms with Crippen LogP contribution in [0.5, 0.6) is 17.2 Å². The number of nitrogens with one attached hydrogen (secondary N) is 1. The lowest BCUT2D eigenvalue weighted by Crippen LogP contribution is -2.16. The van der Waals surface area contributed by atoms with E-state index in [9.17, 15) is 18.4 Å². The Morgan fingerprint density at radius 3 is 2.56 bits per heavy atom. The molecule has 2 aromatic heterocycles. The molecule has 0 saturated heterocycles. The third kappa shape index (κ3) is 5.72. The fraction of sp³-hybridized carbons (Fsp3) is 0.154. The average molecular weight is 492 g/mol. The van der Waals surface area contributed by atoms with E-state index in [1.54, 1.807) is 32.3 Å². The molecule has 0 spiro atoms. The lowest BCUT2D eigenvalue weighted by Gasteiger charge is -2.17. The second kappa shape index (κ2) is 10.8. The molecule has 0 aliphatic carbocycles. The minimum Gasteiger partial charge on any atom is -0.493 e. The zero-order valence-electron chi connectivity index (χ0n) is 19.5. The molecule has 0 unspecified atom stereocenters. The lowest BCUT2D eigenvalue weighted by molar-refractivity contribution is -0.115. The molecule has 0 saturated carbocycles. The van der Waals surface area contributed by atoms with Crippen molar-refractivity contribution in [3.8, 4) is 28.4 Å². The van der Waals surface area contributed by atoms with Crippen molar-refractivity contribution >= 4 is 11.6 Å². The topological polar surface area (TPSA) is 95.3 Å². The number of aromatic nitrogens is 3.